The number of pyridine rings is 1. The summed E-state index contributed by atoms with van der Waals surface area (Å²) in [5, 5.41) is 2.68. The van der Waals surface area contributed by atoms with Crippen molar-refractivity contribution in [1.29, 1.82) is 0 Å². The molecule has 1 aromatic carbocycles. The van der Waals surface area contributed by atoms with E-state index in [0.717, 1.165) is 11.8 Å². The normalized spacial score (nSPS) is 20.2. The molecule has 8 nitrogen and oxygen atoms in total. The van der Waals surface area contributed by atoms with Crippen LogP contribution in [0.3, 0.4) is 0 Å². The molecule has 1 amide bonds. The lowest BCUT2D eigenvalue weighted by Crippen LogP contribution is -2.42. The van der Waals surface area contributed by atoms with Gasteiger partial charge in [-0.15, -0.1) is 0 Å². The molecule has 1 fully saturated rings. The van der Waals surface area contributed by atoms with Crippen molar-refractivity contribution in [1.82, 2.24) is 10.3 Å². The number of alkyl carbamates (subject to hydrolysis) is 1. The van der Waals surface area contributed by atoms with Gasteiger partial charge in [0.05, 0.1) is 11.9 Å². The van der Waals surface area contributed by atoms with Crippen molar-refractivity contribution in [2.75, 3.05) is 5.75 Å². The van der Waals surface area contributed by atoms with Crippen LogP contribution in [0.2, 0.25) is 0 Å². The molecule has 2 aromatic rings. The minimum atomic E-state index is -3.84. The zero-order valence-electron chi connectivity index (χ0n) is 19.1. The van der Waals surface area contributed by atoms with E-state index in [2.05, 4.69) is 10.3 Å². The number of carbonyl (C=O) groups excluding carboxylic acids is 1. The minimum Gasteiger partial charge on any atom is -0.473 e. The summed E-state index contributed by atoms with van der Waals surface area (Å²) in [6.45, 7) is 6.96. The van der Waals surface area contributed by atoms with Crippen LogP contribution in [-0.4, -0.2) is 37.0 Å². The monoisotopic (exact) mass is 480 g/mol. The van der Waals surface area contributed by atoms with Crippen LogP contribution in [0.5, 0.6) is 5.88 Å². The van der Waals surface area contributed by atoms with E-state index in [1.165, 1.54) is 6.07 Å². The number of halogens is 1. The summed E-state index contributed by atoms with van der Waals surface area (Å²) in [5.41, 5.74) is -1.12. The van der Waals surface area contributed by atoms with Crippen LogP contribution in [0.15, 0.2) is 42.6 Å². The first kappa shape index (κ1) is 24.9. The second-order valence-corrected chi connectivity index (χ2v) is 10.6. The highest BCUT2D eigenvalue weighted by Gasteiger charge is 2.62. The van der Waals surface area contributed by atoms with Gasteiger partial charge in [-0.2, -0.15) is 8.42 Å². The maximum absolute atomic E-state index is 14.2. The lowest BCUT2D eigenvalue weighted by Gasteiger charge is -2.25. The second kappa shape index (κ2) is 9.64. The Morgan fingerprint density at radius 3 is 2.61 bits per heavy atom. The number of hydrogen-bond donors (Lipinski definition) is 1. The van der Waals surface area contributed by atoms with Gasteiger partial charge in [0.2, 0.25) is 5.88 Å². The van der Waals surface area contributed by atoms with Gasteiger partial charge in [0.25, 0.3) is 10.1 Å². The summed E-state index contributed by atoms with van der Waals surface area (Å²) in [7, 11) is -3.84. The Morgan fingerprint density at radius 1 is 1.27 bits per heavy atom. The van der Waals surface area contributed by atoms with Crippen LogP contribution in [0, 0.1) is 5.82 Å². The first-order valence-corrected chi connectivity index (χ1v) is 12.3. The molecule has 180 valence electrons. The molecule has 2 atom stereocenters. The molecule has 0 spiro atoms. The number of ether oxygens (including phenoxy) is 2. The van der Waals surface area contributed by atoms with Crippen molar-refractivity contribution in [3.63, 3.8) is 0 Å². The van der Waals surface area contributed by atoms with Gasteiger partial charge in [-0.25, -0.2) is 14.2 Å². The smallest absolute Gasteiger partial charge is 0.408 e. The molecule has 33 heavy (non-hydrogen) atoms. The average Bonchev–Trinajstić information content (AvgIpc) is 3.37. The molecule has 0 saturated heterocycles. The van der Waals surface area contributed by atoms with E-state index >= 15 is 0 Å². The summed E-state index contributed by atoms with van der Waals surface area (Å²) >= 11 is 0. The predicted molar refractivity (Wildman–Crippen MR) is 120 cm³/mol. The highest BCUT2D eigenvalue weighted by molar-refractivity contribution is 7.86. The van der Waals surface area contributed by atoms with Crippen LogP contribution in [0.25, 0.3) is 0 Å². The standard InChI is InChI=1S/C23H29FN2O6S/c1-5-11-33(28,29)32-19-13-23(19,26-21(27)31-22(2,3)4)18-12-17(24)14-25-20(18)30-15-16-9-7-6-8-10-16/h6-10,12,14,19H,5,11,13,15H2,1-4H3,(H,26,27). The van der Waals surface area contributed by atoms with Gasteiger partial charge in [-0.1, -0.05) is 37.3 Å². The van der Waals surface area contributed by atoms with Crippen molar-refractivity contribution in [3.05, 3.63) is 59.5 Å². The summed E-state index contributed by atoms with van der Waals surface area (Å²) in [5.74, 6) is -0.773. The molecule has 1 aliphatic carbocycles. The maximum atomic E-state index is 14.2. The Labute approximate surface area is 193 Å². The molecule has 1 N–H and O–H groups in total. The van der Waals surface area contributed by atoms with Crippen LogP contribution < -0.4 is 10.1 Å². The predicted octanol–water partition coefficient (Wildman–Crippen LogP) is 4.05. The number of benzene rings is 1. The number of aromatic nitrogens is 1. The fourth-order valence-corrected chi connectivity index (χ4v) is 4.56. The molecule has 10 heteroatoms. The molecule has 0 radical (unpaired) electrons. The van der Waals surface area contributed by atoms with Crippen molar-refractivity contribution in [2.45, 2.75) is 64.4 Å². The number of nitrogens with one attached hydrogen (secondary N) is 1. The Bertz CT molecular complexity index is 1090. The van der Waals surface area contributed by atoms with Gasteiger partial charge in [0.15, 0.2) is 0 Å². The van der Waals surface area contributed by atoms with E-state index < -0.39 is 39.3 Å². The lowest BCUT2D eigenvalue weighted by atomic mass is 10.1. The van der Waals surface area contributed by atoms with E-state index in [1.807, 2.05) is 30.3 Å². The fraction of sp³-hybridized carbons (Fsp3) is 0.478. The van der Waals surface area contributed by atoms with Crippen LogP contribution in [-0.2, 0) is 31.2 Å². The topological polar surface area (TPSA) is 104 Å². The SMILES string of the molecule is CCCS(=O)(=O)OC1CC1(NC(=O)OC(C)(C)C)c1cc(F)cnc1OCc1ccccc1. The molecule has 0 aliphatic heterocycles. The lowest BCUT2D eigenvalue weighted by molar-refractivity contribution is 0.0478. The number of hydrogen-bond acceptors (Lipinski definition) is 7. The van der Waals surface area contributed by atoms with E-state index in [0.29, 0.717) is 6.42 Å². The molecular formula is C23H29FN2O6S. The second-order valence-electron chi connectivity index (χ2n) is 8.93. The quantitative estimate of drug-likeness (QED) is 0.540. The Balaban J connectivity index is 1.93. The molecule has 1 saturated carbocycles. The number of rotatable bonds is 9. The van der Waals surface area contributed by atoms with Crippen molar-refractivity contribution >= 4 is 16.2 Å². The zero-order chi connectivity index (χ0) is 24.3. The average molecular weight is 481 g/mol. The molecule has 2 unspecified atom stereocenters. The summed E-state index contributed by atoms with van der Waals surface area (Å²) in [4.78, 5) is 16.7. The molecule has 1 heterocycles. The largest absolute Gasteiger partial charge is 0.473 e. The molecule has 1 aromatic heterocycles. The molecule has 1 aliphatic rings. The van der Waals surface area contributed by atoms with Gasteiger partial charge >= 0.3 is 6.09 Å². The highest BCUT2D eigenvalue weighted by atomic mass is 32.2. The van der Waals surface area contributed by atoms with Crippen molar-refractivity contribution in [3.8, 4) is 5.88 Å². The number of carbonyl (C=O) groups is 1. The van der Waals surface area contributed by atoms with Crippen LogP contribution in [0.4, 0.5) is 9.18 Å². The zero-order valence-corrected chi connectivity index (χ0v) is 19.9. The molecular weight excluding hydrogens is 451 g/mol. The third-order valence-corrected chi connectivity index (χ3v) is 6.29. The number of nitrogens with zero attached hydrogens (tertiary/aromatic N) is 1. The summed E-state index contributed by atoms with van der Waals surface area (Å²) in [6.07, 6.45) is -0.294. The van der Waals surface area contributed by atoms with Crippen molar-refractivity contribution < 1.29 is 31.3 Å². The Morgan fingerprint density at radius 2 is 1.97 bits per heavy atom. The van der Waals surface area contributed by atoms with Gasteiger partial charge in [0.1, 0.15) is 29.7 Å². The molecule has 0 bridgehead atoms. The highest BCUT2D eigenvalue weighted by Crippen LogP contribution is 2.51. The molecule has 3 rings (SSSR count). The Kier molecular flexibility index (Phi) is 7.28. The van der Waals surface area contributed by atoms with E-state index in [-0.39, 0.29) is 30.2 Å². The maximum Gasteiger partial charge on any atom is 0.408 e. The Hall–Kier alpha value is -2.72. The van der Waals surface area contributed by atoms with E-state index in [9.17, 15) is 17.6 Å². The first-order valence-electron chi connectivity index (χ1n) is 10.7. The van der Waals surface area contributed by atoms with Crippen molar-refractivity contribution in [2.24, 2.45) is 0 Å². The third kappa shape index (κ3) is 6.64. The fourth-order valence-electron chi connectivity index (χ4n) is 3.38. The van der Waals surface area contributed by atoms with Crippen LogP contribution in [0.1, 0.15) is 51.7 Å². The van der Waals surface area contributed by atoms with E-state index in [1.54, 1.807) is 27.7 Å². The minimum absolute atomic E-state index is 0.0651. The van der Waals surface area contributed by atoms with Crippen LogP contribution >= 0.6 is 0 Å². The van der Waals surface area contributed by atoms with Gasteiger partial charge in [-0.3, -0.25) is 4.18 Å². The van der Waals surface area contributed by atoms with Gasteiger partial charge < -0.3 is 14.8 Å². The van der Waals surface area contributed by atoms with Gasteiger partial charge in [0, 0.05) is 12.0 Å². The third-order valence-electron chi connectivity index (χ3n) is 4.85. The number of amides is 1. The summed E-state index contributed by atoms with van der Waals surface area (Å²) < 4.78 is 55.4. The van der Waals surface area contributed by atoms with Gasteiger partial charge in [-0.05, 0) is 38.8 Å². The van der Waals surface area contributed by atoms with E-state index in [4.69, 9.17) is 13.7 Å². The first-order chi connectivity index (χ1) is 15.4. The summed E-state index contributed by atoms with van der Waals surface area (Å²) in [6, 6.07) is 10.5.